The maximum absolute atomic E-state index is 14.8. The number of aromatic nitrogens is 3. The van der Waals surface area contributed by atoms with E-state index in [1.165, 1.54) is 50.9 Å². The molecule has 2 unspecified atom stereocenters. The van der Waals surface area contributed by atoms with Gasteiger partial charge >= 0.3 is 0 Å². The third-order valence-electron chi connectivity index (χ3n) is 10.6. The Labute approximate surface area is 307 Å². The molecule has 3 nitrogen and oxygen atoms in total. The Kier molecular flexibility index (Phi) is 9.19. The van der Waals surface area contributed by atoms with Crippen LogP contribution >= 0.6 is 0 Å². The molecule has 0 bridgehead atoms. The van der Waals surface area contributed by atoms with Gasteiger partial charge in [-0.1, -0.05) is 91.8 Å². The number of pyridine rings is 1. The molecule has 3 aromatic heterocycles. The number of hydrogen-bond donors (Lipinski definition) is 0. The van der Waals surface area contributed by atoms with E-state index in [1.807, 2.05) is 12.1 Å². The molecule has 5 heteroatoms. The zero-order valence-electron chi connectivity index (χ0n) is 31.6. The third-order valence-corrected chi connectivity index (χ3v) is 10.6. The summed E-state index contributed by atoms with van der Waals surface area (Å²) in [6, 6.07) is 36.9. The van der Waals surface area contributed by atoms with E-state index in [0.717, 1.165) is 35.8 Å². The first-order valence-electron chi connectivity index (χ1n) is 18.5. The van der Waals surface area contributed by atoms with Gasteiger partial charge in [-0.15, -0.1) is 0 Å². The number of benzene rings is 4. The molecule has 0 spiro atoms. The summed E-state index contributed by atoms with van der Waals surface area (Å²) < 4.78 is 33.4. The maximum Gasteiger partial charge on any atom is 0.135 e. The van der Waals surface area contributed by atoms with Crippen molar-refractivity contribution in [1.29, 1.82) is 0 Å². The lowest BCUT2D eigenvalue weighted by Crippen LogP contribution is -2.18. The van der Waals surface area contributed by atoms with Gasteiger partial charge in [0.15, 0.2) is 0 Å². The van der Waals surface area contributed by atoms with E-state index in [1.54, 1.807) is 6.20 Å². The lowest BCUT2D eigenvalue weighted by Gasteiger charge is -2.27. The van der Waals surface area contributed by atoms with E-state index in [0.29, 0.717) is 11.3 Å². The molecule has 266 valence electrons. The molecular weight excluding hydrogens is 645 g/mol. The summed E-state index contributed by atoms with van der Waals surface area (Å²) in [5.41, 5.74) is 10.2. The molecule has 4 aromatic carbocycles. The Bertz CT molecular complexity index is 2290. The molecular formula is C47H49F2N3. The third kappa shape index (κ3) is 6.69. The molecule has 2 atom stereocenters. The average Bonchev–Trinajstić information content (AvgIpc) is 3.71. The standard InChI is InChI=1S/C47H49F2N3/c1-9-31(32-20-21-50-41(25-32)39-19-18-36(48)28-40(39)49)22-30(2)35-23-37(51-42-16-12-10-14-33(42)26-44(51)46(3,4)5)29-38(24-35)52-43-17-13-11-15-34(43)27-45(52)47(6,7)8/h10-21,23-31H,9,22H2,1-8H3. The number of para-hydroxylation sites is 2. The zero-order chi connectivity index (χ0) is 36.9. The van der Waals surface area contributed by atoms with Crippen molar-refractivity contribution in [2.45, 2.75) is 90.9 Å². The maximum atomic E-state index is 14.8. The molecule has 7 aromatic rings. The van der Waals surface area contributed by atoms with E-state index in [2.05, 4.69) is 148 Å². The van der Waals surface area contributed by atoms with Crippen molar-refractivity contribution < 1.29 is 8.78 Å². The summed E-state index contributed by atoms with van der Waals surface area (Å²) in [6.07, 6.45) is 3.56. The first-order chi connectivity index (χ1) is 24.7. The highest BCUT2D eigenvalue weighted by atomic mass is 19.1. The number of halogens is 2. The topological polar surface area (TPSA) is 22.8 Å². The van der Waals surface area contributed by atoms with Crippen LogP contribution in [-0.2, 0) is 10.8 Å². The van der Waals surface area contributed by atoms with Crippen LogP contribution in [0.3, 0.4) is 0 Å². The van der Waals surface area contributed by atoms with Gasteiger partial charge in [0, 0.05) is 62.2 Å². The molecule has 0 radical (unpaired) electrons. The largest absolute Gasteiger partial charge is 0.313 e. The van der Waals surface area contributed by atoms with Crippen molar-refractivity contribution in [1.82, 2.24) is 14.1 Å². The smallest absolute Gasteiger partial charge is 0.135 e. The van der Waals surface area contributed by atoms with Crippen LogP contribution in [0.2, 0.25) is 0 Å². The summed E-state index contributed by atoms with van der Waals surface area (Å²) in [6.45, 7) is 18.3. The van der Waals surface area contributed by atoms with Gasteiger partial charge in [0.05, 0.1) is 16.7 Å². The van der Waals surface area contributed by atoms with Crippen molar-refractivity contribution in [3.8, 4) is 22.6 Å². The minimum Gasteiger partial charge on any atom is -0.313 e. The lowest BCUT2D eigenvalue weighted by atomic mass is 9.84. The Morgan fingerprint density at radius 3 is 1.71 bits per heavy atom. The van der Waals surface area contributed by atoms with E-state index >= 15 is 0 Å². The van der Waals surface area contributed by atoms with Crippen molar-refractivity contribution in [2.24, 2.45) is 0 Å². The van der Waals surface area contributed by atoms with Crippen LogP contribution in [0.5, 0.6) is 0 Å². The second-order valence-corrected chi connectivity index (χ2v) is 16.5. The van der Waals surface area contributed by atoms with Crippen molar-refractivity contribution in [3.63, 3.8) is 0 Å². The summed E-state index contributed by atoms with van der Waals surface area (Å²) in [4.78, 5) is 4.47. The molecule has 0 saturated carbocycles. The van der Waals surface area contributed by atoms with Crippen LogP contribution in [0.1, 0.15) is 103 Å². The van der Waals surface area contributed by atoms with Crippen molar-refractivity contribution in [3.05, 3.63) is 150 Å². The van der Waals surface area contributed by atoms with E-state index < -0.39 is 11.6 Å². The average molecular weight is 694 g/mol. The van der Waals surface area contributed by atoms with Crippen LogP contribution in [-0.4, -0.2) is 14.1 Å². The van der Waals surface area contributed by atoms with E-state index in [4.69, 9.17) is 0 Å². The molecule has 0 N–H and O–H groups in total. The Balaban J connectivity index is 1.39. The second-order valence-electron chi connectivity index (χ2n) is 16.5. The highest BCUT2D eigenvalue weighted by Crippen LogP contribution is 2.40. The lowest BCUT2D eigenvalue weighted by molar-refractivity contribution is 0.542. The summed E-state index contributed by atoms with van der Waals surface area (Å²) in [7, 11) is 0. The van der Waals surface area contributed by atoms with Gasteiger partial charge in [0.25, 0.3) is 0 Å². The predicted molar refractivity (Wildman–Crippen MR) is 213 cm³/mol. The molecule has 0 amide bonds. The highest BCUT2D eigenvalue weighted by Gasteiger charge is 2.26. The minimum atomic E-state index is -0.602. The van der Waals surface area contributed by atoms with Crippen molar-refractivity contribution in [2.75, 3.05) is 0 Å². The number of nitrogens with zero attached hydrogens (tertiary/aromatic N) is 3. The van der Waals surface area contributed by atoms with Gasteiger partial charge in [-0.2, -0.15) is 0 Å². The first kappa shape index (κ1) is 35.4. The summed E-state index contributed by atoms with van der Waals surface area (Å²) in [5, 5.41) is 2.46. The van der Waals surface area contributed by atoms with Crippen LogP contribution in [0, 0.1) is 11.6 Å². The highest BCUT2D eigenvalue weighted by molar-refractivity contribution is 5.86. The fraction of sp³-hybridized carbons (Fsp3) is 0.298. The van der Waals surface area contributed by atoms with E-state index in [9.17, 15) is 8.78 Å². The molecule has 0 aliphatic carbocycles. The quantitative estimate of drug-likeness (QED) is 0.155. The number of fused-ring (bicyclic) bond motifs is 2. The van der Waals surface area contributed by atoms with Gasteiger partial charge in [0.2, 0.25) is 0 Å². The molecule has 3 heterocycles. The molecule has 0 aliphatic heterocycles. The summed E-state index contributed by atoms with van der Waals surface area (Å²) in [5.74, 6) is -0.788. The van der Waals surface area contributed by atoms with Gasteiger partial charge in [-0.3, -0.25) is 4.98 Å². The first-order valence-corrected chi connectivity index (χ1v) is 18.5. The normalized spacial score (nSPS) is 13.6. The monoisotopic (exact) mass is 693 g/mol. The van der Waals surface area contributed by atoms with E-state index in [-0.39, 0.29) is 22.7 Å². The van der Waals surface area contributed by atoms with Gasteiger partial charge in [-0.25, -0.2) is 8.78 Å². The van der Waals surface area contributed by atoms with Crippen LogP contribution in [0.15, 0.2) is 115 Å². The molecule has 52 heavy (non-hydrogen) atoms. The molecule has 0 aliphatic rings. The second kappa shape index (κ2) is 13.5. The Morgan fingerprint density at radius 2 is 1.19 bits per heavy atom. The van der Waals surface area contributed by atoms with Crippen LogP contribution < -0.4 is 0 Å². The fourth-order valence-electron chi connectivity index (χ4n) is 7.78. The van der Waals surface area contributed by atoms with Gasteiger partial charge in [0.1, 0.15) is 11.6 Å². The Hall–Kier alpha value is -5.03. The van der Waals surface area contributed by atoms with Gasteiger partial charge in [-0.05, 0) is 103 Å². The fourth-order valence-corrected chi connectivity index (χ4v) is 7.78. The molecule has 0 fully saturated rings. The Morgan fingerprint density at radius 1 is 0.635 bits per heavy atom. The van der Waals surface area contributed by atoms with Crippen LogP contribution in [0.4, 0.5) is 8.78 Å². The predicted octanol–water partition coefficient (Wildman–Crippen LogP) is 13.2. The minimum absolute atomic E-state index is 0.0894. The summed E-state index contributed by atoms with van der Waals surface area (Å²) >= 11 is 0. The van der Waals surface area contributed by atoms with Crippen LogP contribution in [0.25, 0.3) is 44.4 Å². The molecule has 7 rings (SSSR count). The van der Waals surface area contributed by atoms with Crippen molar-refractivity contribution >= 4 is 21.8 Å². The number of rotatable bonds is 8. The SMILES string of the molecule is CCC(CC(C)c1cc(-n2c(C(C)(C)C)cc3ccccc32)cc(-n2c(C(C)(C)C)cc3ccccc32)c1)c1ccnc(-c2ccc(F)cc2F)c1. The molecule has 0 saturated heterocycles. The zero-order valence-corrected chi connectivity index (χ0v) is 31.6. The number of hydrogen-bond acceptors (Lipinski definition) is 1. The van der Waals surface area contributed by atoms with Gasteiger partial charge < -0.3 is 9.13 Å².